The highest BCUT2D eigenvalue weighted by molar-refractivity contribution is 6.04. The lowest BCUT2D eigenvalue weighted by molar-refractivity contribution is 0.399. The van der Waals surface area contributed by atoms with Crippen LogP contribution in [0.15, 0.2) is 29.1 Å². The third kappa shape index (κ3) is 1.48. The Morgan fingerprint density at radius 1 is 1.15 bits per heavy atom. The Balaban J connectivity index is 2.15. The molecule has 0 aliphatic heterocycles. The molecule has 1 aromatic carbocycles. The summed E-state index contributed by atoms with van der Waals surface area (Å²) in [6.07, 6.45) is 2.90. The van der Waals surface area contributed by atoms with Crippen LogP contribution in [0.2, 0.25) is 0 Å². The number of nitrogens with one attached hydrogen (secondary N) is 1. The Hall–Kier alpha value is -2.36. The van der Waals surface area contributed by atoms with Crippen molar-refractivity contribution in [3.8, 4) is 5.88 Å². The zero-order valence-electron chi connectivity index (χ0n) is 11.2. The molecule has 3 aromatic rings. The topological polar surface area (TPSA) is 55.0 Å². The number of pyridine rings is 2. The van der Waals surface area contributed by atoms with E-state index in [1.54, 1.807) is 7.11 Å². The third-order valence-electron chi connectivity index (χ3n) is 4.07. The van der Waals surface area contributed by atoms with E-state index in [9.17, 15) is 4.79 Å². The molecule has 0 amide bonds. The lowest BCUT2D eigenvalue weighted by Crippen LogP contribution is -2.10. The number of H-pyrrole nitrogens is 1. The van der Waals surface area contributed by atoms with Gasteiger partial charge in [-0.05, 0) is 37.5 Å². The molecule has 1 N–H and O–H groups in total. The first-order valence-corrected chi connectivity index (χ1v) is 6.79. The molecule has 4 heteroatoms. The van der Waals surface area contributed by atoms with Crippen LogP contribution in [0, 0.1) is 0 Å². The van der Waals surface area contributed by atoms with Gasteiger partial charge in [-0.15, -0.1) is 0 Å². The fraction of sp³-hybridized carbons (Fsp3) is 0.250. The molecule has 0 bridgehead atoms. The van der Waals surface area contributed by atoms with E-state index >= 15 is 0 Å². The Labute approximate surface area is 115 Å². The summed E-state index contributed by atoms with van der Waals surface area (Å²) in [6.45, 7) is 0. The highest BCUT2D eigenvalue weighted by Gasteiger charge is 2.18. The van der Waals surface area contributed by atoms with Crippen molar-refractivity contribution in [3.63, 3.8) is 0 Å². The van der Waals surface area contributed by atoms with Crippen LogP contribution in [0.3, 0.4) is 0 Å². The number of benzene rings is 1. The molecule has 20 heavy (non-hydrogen) atoms. The van der Waals surface area contributed by atoms with Gasteiger partial charge in [0.05, 0.1) is 18.1 Å². The predicted molar refractivity (Wildman–Crippen MR) is 78.4 cm³/mol. The van der Waals surface area contributed by atoms with Crippen LogP contribution in [-0.4, -0.2) is 17.1 Å². The predicted octanol–water partition coefficient (Wildman–Crippen LogP) is 2.57. The van der Waals surface area contributed by atoms with Gasteiger partial charge in [0.25, 0.3) is 0 Å². The number of aromatic amines is 1. The van der Waals surface area contributed by atoms with Crippen LogP contribution in [0.1, 0.15) is 17.7 Å². The second-order valence-corrected chi connectivity index (χ2v) is 5.17. The number of hydrogen-bond acceptors (Lipinski definition) is 3. The lowest BCUT2D eigenvalue weighted by atomic mass is 10.1. The van der Waals surface area contributed by atoms with E-state index in [1.165, 1.54) is 0 Å². The largest absolute Gasteiger partial charge is 0.481 e. The van der Waals surface area contributed by atoms with E-state index in [2.05, 4.69) is 9.97 Å². The maximum absolute atomic E-state index is 12.5. The van der Waals surface area contributed by atoms with Crippen molar-refractivity contribution in [2.24, 2.45) is 0 Å². The molecule has 1 aliphatic carbocycles. The molecule has 0 spiro atoms. The Bertz CT molecular complexity index is 896. The van der Waals surface area contributed by atoms with Crippen molar-refractivity contribution >= 4 is 21.8 Å². The van der Waals surface area contributed by atoms with Gasteiger partial charge in [0.15, 0.2) is 5.43 Å². The van der Waals surface area contributed by atoms with E-state index in [-0.39, 0.29) is 5.43 Å². The monoisotopic (exact) mass is 266 g/mol. The Morgan fingerprint density at radius 3 is 2.85 bits per heavy atom. The van der Waals surface area contributed by atoms with Gasteiger partial charge in [0, 0.05) is 28.1 Å². The number of rotatable bonds is 1. The van der Waals surface area contributed by atoms with Crippen molar-refractivity contribution in [2.75, 3.05) is 7.11 Å². The Kier molecular flexibility index (Phi) is 2.33. The maximum Gasteiger partial charge on any atom is 0.213 e. The van der Waals surface area contributed by atoms with Crippen LogP contribution in [0.25, 0.3) is 21.8 Å². The van der Waals surface area contributed by atoms with E-state index in [0.717, 1.165) is 52.3 Å². The second-order valence-electron chi connectivity index (χ2n) is 5.17. The van der Waals surface area contributed by atoms with Gasteiger partial charge in [-0.2, -0.15) is 0 Å². The summed E-state index contributed by atoms with van der Waals surface area (Å²) >= 11 is 0. The van der Waals surface area contributed by atoms with Crippen molar-refractivity contribution < 1.29 is 4.74 Å². The van der Waals surface area contributed by atoms with Crippen LogP contribution in [0.5, 0.6) is 5.88 Å². The van der Waals surface area contributed by atoms with Gasteiger partial charge >= 0.3 is 0 Å². The zero-order valence-corrected chi connectivity index (χ0v) is 11.2. The number of nitrogens with zero attached hydrogens (tertiary/aromatic N) is 1. The normalized spacial score (nSPS) is 13.8. The lowest BCUT2D eigenvalue weighted by Gasteiger charge is -2.08. The van der Waals surface area contributed by atoms with Crippen molar-refractivity contribution in [1.82, 2.24) is 9.97 Å². The molecule has 2 heterocycles. The van der Waals surface area contributed by atoms with Gasteiger partial charge < -0.3 is 9.72 Å². The van der Waals surface area contributed by atoms with E-state index in [1.807, 2.05) is 24.3 Å². The first kappa shape index (κ1) is 11.5. The van der Waals surface area contributed by atoms with Crippen LogP contribution < -0.4 is 10.2 Å². The van der Waals surface area contributed by atoms with Crippen LogP contribution >= 0.6 is 0 Å². The Morgan fingerprint density at radius 2 is 2.00 bits per heavy atom. The van der Waals surface area contributed by atoms with Gasteiger partial charge in [-0.25, -0.2) is 4.98 Å². The van der Waals surface area contributed by atoms with Crippen LogP contribution in [-0.2, 0) is 12.8 Å². The fourth-order valence-electron chi connectivity index (χ4n) is 3.07. The molecular weight excluding hydrogens is 252 g/mol. The molecule has 0 fully saturated rings. The highest BCUT2D eigenvalue weighted by Crippen LogP contribution is 2.26. The summed E-state index contributed by atoms with van der Waals surface area (Å²) in [7, 11) is 1.60. The quantitative estimate of drug-likeness (QED) is 0.689. The van der Waals surface area contributed by atoms with E-state index in [4.69, 9.17) is 4.74 Å². The van der Waals surface area contributed by atoms with Crippen molar-refractivity contribution in [3.05, 3.63) is 45.7 Å². The van der Waals surface area contributed by atoms with Gasteiger partial charge in [0.1, 0.15) is 0 Å². The summed E-state index contributed by atoms with van der Waals surface area (Å²) in [5.74, 6) is 0.584. The molecule has 4 rings (SSSR count). The minimum Gasteiger partial charge on any atom is -0.481 e. The number of aryl methyl sites for hydroxylation is 1. The molecule has 100 valence electrons. The van der Waals surface area contributed by atoms with E-state index in [0.29, 0.717) is 5.88 Å². The average Bonchev–Trinajstić information content (AvgIpc) is 2.95. The van der Waals surface area contributed by atoms with E-state index < -0.39 is 0 Å². The number of hydrogen-bond donors (Lipinski definition) is 1. The average molecular weight is 266 g/mol. The smallest absolute Gasteiger partial charge is 0.213 e. The van der Waals surface area contributed by atoms with Crippen molar-refractivity contribution in [2.45, 2.75) is 19.3 Å². The summed E-state index contributed by atoms with van der Waals surface area (Å²) in [6, 6.07) is 7.53. The van der Waals surface area contributed by atoms with Gasteiger partial charge in [0.2, 0.25) is 5.88 Å². The first-order valence-electron chi connectivity index (χ1n) is 6.79. The molecule has 2 aromatic heterocycles. The zero-order chi connectivity index (χ0) is 13.7. The molecule has 4 nitrogen and oxygen atoms in total. The summed E-state index contributed by atoms with van der Waals surface area (Å²) in [5, 5.41) is 1.72. The summed E-state index contributed by atoms with van der Waals surface area (Å²) in [4.78, 5) is 20.4. The number of methoxy groups -OCH3 is 1. The molecule has 0 radical (unpaired) electrons. The maximum atomic E-state index is 12.5. The SMILES string of the molecule is COc1ccc2c(ccc3c(=O)c4c([nH]c32)CCC4)n1. The summed E-state index contributed by atoms with van der Waals surface area (Å²) < 4.78 is 5.15. The third-order valence-corrected chi connectivity index (χ3v) is 4.07. The minimum absolute atomic E-state index is 0.170. The molecular formula is C16H14N2O2. The number of ether oxygens (including phenoxy) is 1. The van der Waals surface area contributed by atoms with Crippen LogP contribution in [0.4, 0.5) is 0 Å². The molecule has 0 saturated carbocycles. The number of fused-ring (bicyclic) bond motifs is 4. The van der Waals surface area contributed by atoms with Crippen molar-refractivity contribution in [1.29, 1.82) is 0 Å². The van der Waals surface area contributed by atoms with Gasteiger partial charge in [-0.3, -0.25) is 4.79 Å². The molecule has 0 unspecified atom stereocenters. The minimum atomic E-state index is 0.170. The fourth-order valence-corrected chi connectivity index (χ4v) is 3.07. The summed E-state index contributed by atoms with van der Waals surface area (Å²) in [5.41, 5.74) is 3.95. The standard InChI is InChI=1S/C16H14N2O2/c1-20-14-8-6-9-13(17-14)7-5-11-15(9)18-12-4-2-3-10(12)16(11)19/h5-8H,2-4H2,1H3,(H,18,19). The second kappa shape index (κ2) is 4.07. The van der Waals surface area contributed by atoms with Gasteiger partial charge in [-0.1, -0.05) is 0 Å². The highest BCUT2D eigenvalue weighted by atomic mass is 16.5. The molecule has 0 atom stereocenters. The molecule has 1 aliphatic rings. The number of aromatic nitrogens is 2. The first-order chi connectivity index (χ1) is 9.78. The molecule has 0 saturated heterocycles.